The van der Waals surface area contributed by atoms with Crippen LogP contribution >= 0.6 is 11.8 Å². The molecule has 0 saturated carbocycles. The number of carbonyl (C=O) groups excluding carboxylic acids is 1. The molecule has 1 amide bonds. The van der Waals surface area contributed by atoms with Gasteiger partial charge in [0.15, 0.2) is 0 Å². The minimum absolute atomic E-state index is 0.0631. The highest BCUT2D eigenvalue weighted by Crippen LogP contribution is 2.19. The van der Waals surface area contributed by atoms with Crippen molar-refractivity contribution in [2.45, 2.75) is 25.4 Å². The second kappa shape index (κ2) is 8.90. The van der Waals surface area contributed by atoms with Crippen molar-refractivity contribution in [3.05, 3.63) is 60.2 Å². The van der Waals surface area contributed by atoms with Gasteiger partial charge in [-0.25, -0.2) is 0 Å². The lowest BCUT2D eigenvalue weighted by Crippen LogP contribution is -2.41. The summed E-state index contributed by atoms with van der Waals surface area (Å²) in [6, 6.07) is 18.2. The Bertz CT molecular complexity index is 638. The zero-order chi connectivity index (χ0) is 17.4. The molecule has 0 aromatic heterocycles. The van der Waals surface area contributed by atoms with Crippen LogP contribution in [0.3, 0.4) is 0 Å². The lowest BCUT2D eigenvalue weighted by Gasteiger charge is -2.23. The second-order valence-electron chi connectivity index (χ2n) is 6.26. The molecule has 2 aromatic carbocycles. The number of aliphatic hydroxyl groups is 1. The van der Waals surface area contributed by atoms with Gasteiger partial charge >= 0.3 is 0 Å². The van der Waals surface area contributed by atoms with Crippen LogP contribution in [0.1, 0.15) is 18.9 Å². The maximum absolute atomic E-state index is 12.1. The Morgan fingerprint density at radius 2 is 1.71 bits per heavy atom. The van der Waals surface area contributed by atoms with Gasteiger partial charge in [0.05, 0.1) is 12.0 Å². The summed E-state index contributed by atoms with van der Waals surface area (Å²) >= 11 is 1.69. The number of nitrogens with one attached hydrogen (secondary N) is 1. The average molecular weight is 343 g/mol. The maximum Gasteiger partial charge on any atom is 0.224 e. The standard InChI is InChI=1S/C20H25NO2S/c1-20(23,12-13-24-2)15-21-19(22)14-16-8-10-18(11-9-16)17-6-4-3-5-7-17/h3-11,23H,12-15H2,1-2H3,(H,21,22)/t20-/m1/s1. The van der Waals surface area contributed by atoms with Crippen LogP contribution in [0, 0.1) is 0 Å². The molecule has 3 nitrogen and oxygen atoms in total. The fourth-order valence-corrected chi connectivity index (χ4v) is 3.04. The lowest BCUT2D eigenvalue weighted by molar-refractivity contribution is -0.121. The van der Waals surface area contributed by atoms with Crippen LogP contribution in [0.5, 0.6) is 0 Å². The van der Waals surface area contributed by atoms with Crippen molar-refractivity contribution >= 4 is 17.7 Å². The highest BCUT2D eigenvalue weighted by Gasteiger charge is 2.20. The van der Waals surface area contributed by atoms with Crippen LogP contribution in [0.15, 0.2) is 54.6 Å². The molecular formula is C20H25NO2S. The Balaban J connectivity index is 1.86. The third-order valence-corrected chi connectivity index (χ3v) is 4.55. The third-order valence-electron chi connectivity index (χ3n) is 3.94. The Morgan fingerprint density at radius 1 is 1.08 bits per heavy atom. The van der Waals surface area contributed by atoms with E-state index in [4.69, 9.17) is 0 Å². The Hall–Kier alpha value is -1.78. The van der Waals surface area contributed by atoms with E-state index in [9.17, 15) is 9.90 Å². The van der Waals surface area contributed by atoms with E-state index in [0.717, 1.165) is 16.9 Å². The fourth-order valence-electron chi connectivity index (χ4n) is 2.39. The zero-order valence-electron chi connectivity index (χ0n) is 14.3. The summed E-state index contributed by atoms with van der Waals surface area (Å²) in [5.41, 5.74) is 2.42. The Labute approximate surface area is 148 Å². The first-order chi connectivity index (χ1) is 11.5. The van der Waals surface area contributed by atoms with Gasteiger partial charge in [0.2, 0.25) is 5.91 Å². The molecule has 0 radical (unpaired) electrons. The maximum atomic E-state index is 12.1. The number of benzene rings is 2. The summed E-state index contributed by atoms with van der Waals surface area (Å²) in [7, 11) is 0. The molecule has 0 fully saturated rings. The van der Waals surface area contributed by atoms with Gasteiger partial charge in [0.25, 0.3) is 0 Å². The molecule has 2 rings (SSSR count). The normalized spacial score (nSPS) is 13.3. The average Bonchev–Trinajstić information content (AvgIpc) is 2.60. The number of amides is 1. The summed E-state index contributed by atoms with van der Waals surface area (Å²) in [4.78, 5) is 12.1. The number of rotatable bonds is 8. The molecular weight excluding hydrogens is 318 g/mol. The molecule has 0 unspecified atom stereocenters. The summed E-state index contributed by atoms with van der Waals surface area (Å²) in [6.45, 7) is 2.05. The van der Waals surface area contributed by atoms with Gasteiger partial charge < -0.3 is 10.4 Å². The van der Waals surface area contributed by atoms with Crippen molar-refractivity contribution < 1.29 is 9.90 Å². The van der Waals surface area contributed by atoms with Crippen molar-refractivity contribution in [2.75, 3.05) is 18.6 Å². The summed E-state index contributed by atoms with van der Waals surface area (Å²) < 4.78 is 0. The van der Waals surface area contributed by atoms with Crippen molar-refractivity contribution in [1.82, 2.24) is 5.32 Å². The second-order valence-corrected chi connectivity index (χ2v) is 7.24. The van der Waals surface area contributed by atoms with Crippen LogP contribution in [-0.2, 0) is 11.2 Å². The van der Waals surface area contributed by atoms with Crippen LogP contribution < -0.4 is 5.32 Å². The number of hydrogen-bond acceptors (Lipinski definition) is 3. The molecule has 0 aliphatic rings. The van der Waals surface area contributed by atoms with Crippen LogP contribution in [0.4, 0.5) is 0 Å². The van der Waals surface area contributed by atoms with E-state index in [1.165, 1.54) is 5.56 Å². The Morgan fingerprint density at radius 3 is 2.33 bits per heavy atom. The number of hydrogen-bond donors (Lipinski definition) is 2. The van der Waals surface area contributed by atoms with Gasteiger partial charge in [0, 0.05) is 6.54 Å². The van der Waals surface area contributed by atoms with Crippen molar-refractivity contribution in [3.8, 4) is 11.1 Å². The topological polar surface area (TPSA) is 49.3 Å². The molecule has 24 heavy (non-hydrogen) atoms. The molecule has 0 saturated heterocycles. The minimum Gasteiger partial charge on any atom is -0.388 e. The summed E-state index contributed by atoms with van der Waals surface area (Å²) in [5, 5.41) is 13.0. The van der Waals surface area contributed by atoms with Gasteiger partial charge in [-0.2, -0.15) is 11.8 Å². The van der Waals surface area contributed by atoms with E-state index < -0.39 is 5.60 Å². The van der Waals surface area contributed by atoms with E-state index >= 15 is 0 Å². The molecule has 0 aliphatic heterocycles. The monoisotopic (exact) mass is 343 g/mol. The molecule has 128 valence electrons. The van der Waals surface area contributed by atoms with Crippen LogP contribution in [0.25, 0.3) is 11.1 Å². The first-order valence-corrected chi connectivity index (χ1v) is 9.52. The first kappa shape index (κ1) is 18.6. The van der Waals surface area contributed by atoms with Crippen LogP contribution in [-0.4, -0.2) is 35.2 Å². The van der Waals surface area contributed by atoms with Gasteiger partial charge in [0.1, 0.15) is 0 Å². The van der Waals surface area contributed by atoms with Crippen molar-refractivity contribution in [3.63, 3.8) is 0 Å². The summed E-state index contributed by atoms with van der Waals surface area (Å²) in [6.07, 6.45) is 3.00. The lowest BCUT2D eigenvalue weighted by atomic mass is 10.0. The predicted molar refractivity (Wildman–Crippen MR) is 102 cm³/mol. The van der Waals surface area contributed by atoms with Gasteiger partial charge in [-0.1, -0.05) is 54.6 Å². The Kier molecular flexibility index (Phi) is 6.88. The minimum atomic E-state index is -0.851. The predicted octanol–water partition coefficient (Wildman–Crippen LogP) is 3.52. The SMILES string of the molecule is CSCC[C@@](C)(O)CNC(=O)Cc1ccc(-c2ccccc2)cc1. The largest absolute Gasteiger partial charge is 0.388 e. The molecule has 2 N–H and O–H groups in total. The van der Waals surface area contributed by atoms with Crippen molar-refractivity contribution in [2.24, 2.45) is 0 Å². The van der Waals surface area contributed by atoms with Gasteiger partial charge in [-0.3, -0.25) is 4.79 Å². The third kappa shape index (κ3) is 6.02. The highest BCUT2D eigenvalue weighted by molar-refractivity contribution is 7.98. The van der Waals surface area contributed by atoms with E-state index in [1.54, 1.807) is 18.7 Å². The first-order valence-electron chi connectivity index (χ1n) is 8.12. The summed E-state index contributed by atoms with van der Waals surface area (Å²) in [5.74, 6) is 0.816. The fraction of sp³-hybridized carbons (Fsp3) is 0.350. The van der Waals surface area contributed by atoms with E-state index in [1.807, 2.05) is 48.7 Å². The van der Waals surface area contributed by atoms with E-state index in [2.05, 4.69) is 17.4 Å². The number of thioether (sulfide) groups is 1. The molecule has 1 atom stereocenters. The molecule has 0 heterocycles. The molecule has 0 bridgehead atoms. The zero-order valence-corrected chi connectivity index (χ0v) is 15.1. The quantitative estimate of drug-likeness (QED) is 0.771. The van der Waals surface area contributed by atoms with Crippen molar-refractivity contribution in [1.29, 1.82) is 0 Å². The molecule has 0 spiro atoms. The highest BCUT2D eigenvalue weighted by atomic mass is 32.2. The van der Waals surface area contributed by atoms with Crippen LogP contribution in [0.2, 0.25) is 0 Å². The van der Waals surface area contributed by atoms with E-state index in [0.29, 0.717) is 12.8 Å². The van der Waals surface area contributed by atoms with Gasteiger partial charge in [-0.15, -0.1) is 0 Å². The molecule has 4 heteroatoms. The number of carbonyl (C=O) groups is 1. The molecule has 2 aromatic rings. The van der Waals surface area contributed by atoms with E-state index in [-0.39, 0.29) is 12.5 Å². The smallest absolute Gasteiger partial charge is 0.224 e. The van der Waals surface area contributed by atoms with Gasteiger partial charge in [-0.05, 0) is 42.0 Å². The molecule has 0 aliphatic carbocycles.